The molecule has 94 valence electrons. The second-order valence-electron chi connectivity index (χ2n) is 3.65. The van der Waals surface area contributed by atoms with Crippen LogP contribution in [-0.2, 0) is 9.84 Å². The van der Waals surface area contributed by atoms with Crippen molar-refractivity contribution in [2.75, 3.05) is 17.2 Å². The number of anilines is 1. The predicted molar refractivity (Wildman–Crippen MR) is 71.8 cm³/mol. The third-order valence-corrected chi connectivity index (χ3v) is 4.79. The Morgan fingerprint density at radius 2 is 2.06 bits per heavy atom. The summed E-state index contributed by atoms with van der Waals surface area (Å²) in [6, 6.07) is 4.82. The standard InChI is InChI=1S/C11H14BrNO3S/c1-2-17(15,16)6-5-11(14)8-3-4-10(13)9(12)7-8/h3-4,7H,2,5-6,13H2,1H3. The highest BCUT2D eigenvalue weighted by atomic mass is 79.9. The van der Waals surface area contributed by atoms with E-state index in [-0.39, 0.29) is 23.7 Å². The molecule has 0 heterocycles. The highest BCUT2D eigenvalue weighted by molar-refractivity contribution is 9.10. The molecule has 1 aromatic carbocycles. The maximum absolute atomic E-state index is 11.7. The van der Waals surface area contributed by atoms with Gasteiger partial charge in [-0.25, -0.2) is 8.42 Å². The lowest BCUT2D eigenvalue weighted by atomic mass is 10.1. The second kappa shape index (κ2) is 5.64. The molecule has 17 heavy (non-hydrogen) atoms. The van der Waals surface area contributed by atoms with Crippen molar-refractivity contribution < 1.29 is 13.2 Å². The maximum atomic E-state index is 11.7. The van der Waals surface area contributed by atoms with E-state index in [2.05, 4.69) is 15.9 Å². The SMILES string of the molecule is CCS(=O)(=O)CCC(=O)c1ccc(N)c(Br)c1. The molecular formula is C11H14BrNO3S. The number of nitrogens with two attached hydrogens (primary N) is 1. The van der Waals surface area contributed by atoms with Crippen LogP contribution in [-0.4, -0.2) is 25.7 Å². The molecular weight excluding hydrogens is 306 g/mol. The van der Waals surface area contributed by atoms with Gasteiger partial charge in [-0.05, 0) is 34.1 Å². The second-order valence-corrected chi connectivity index (χ2v) is 6.97. The van der Waals surface area contributed by atoms with Crippen molar-refractivity contribution in [2.24, 2.45) is 0 Å². The van der Waals surface area contributed by atoms with Crippen LogP contribution < -0.4 is 5.73 Å². The van der Waals surface area contributed by atoms with Gasteiger partial charge < -0.3 is 5.73 Å². The average molecular weight is 320 g/mol. The first-order valence-corrected chi connectivity index (χ1v) is 7.76. The summed E-state index contributed by atoms with van der Waals surface area (Å²) in [6.07, 6.45) is 0.00648. The first-order valence-electron chi connectivity index (χ1n) is 5.14. The van der Waals surface area contributed by atoms with Crippen LogP contribution in [0.3, 0.4) is 0 Å². The molecule has 0 amide bonds. The van der Waals surface area contributed by atoms with Gasteiger partial charge in [-0.2, -0.15) is 0 Å². The van der Waals surface area contributed by atoms with Gasteiger partial charge >= 0.3 is 0 Å². The summed E-state index contributed by atoms with van der Waals surface area (Å²) in [4.78, 5) is 11.7. The van der Waals surface area contributed by atoms with Gasteiger partial charge in [0.25, 0.3) is 0 Å². The fourth-order valence-electron chi connectivity index (χ4n) is 1.24. The van der Waals surface area contributed by atoms with E-state index >= 15 is 0 Å². The molecule has 0 saturated carbocycles. The molecule has 0 unspecified atom stereocenters. The minimum atomic E-state index is -3.10. The van der Waals surface area contributed by atoms with Crippen LogP contribution in [0.25, 0.3) is 0 Å². The summed E-state index contributed by atoms with van der Waals surface area (Å²) < 4.78 is 23.2. The highest BCUT2D eigenvalue weighted by Crippen LogP contribution is 2.21. The fourth-order valence-corrected chi connectivity index (χ4v) is 2.40. The summed E-state index contributed by atoms with van der Waals surface area (Å²) >= 11 is 3.22. The molecule has 0 spiro atoms. The smallest absolute Gasteiger partial charge is 0.163 e. The number of ketones is 1. The fraction of sp³-hybridized carbons (Fsp3) is 0.364. The normalized spacial score (nSPS) is 11.4. The van der Waals surface area contributed by atoms with Crippen LogP contribution in [0.4, 0.5) is 5.69 Å². The molecule has 0 atom stereocenters. The number of Topliss-reactive ketones (excluding diaryl/α,β-unsaturated/α-hetero) is 1. The van der Waals surface area contributed by atoms with Gasteiger partial charge in [-0.3, -0.25) is 4.79 Å². The van der Waals surface area contributed by atoms with Crippen molar-refractivity contribution in [3.63, 3.8) is 0 Å². The number of carbonyl (C=O) groups excluding carboxylic acids is 1. The average Bonchev–Trinajstić information content (AvgIpc) is 2.30. The van der Waals surface area contributed by atoms with Crippen molar-refractivity contribution >= 4 is 37.2 Å². The minimum absolute atomic E-state index is 0.00648. The van der Waals surface area contributed by atoms with Gasteiger partial charge in [0.2, 0.25) is 0 Å². The third kappa shape index (κ3) is 4.12. The predicted octanol–water partition coefficient (Wildman–Crippen LogP) is 2.04. The number of benzene rings is 1. The summed E-state index contributed by atoms with van der Waals surface area (Å²) in [5.41, 5.74) is 6.61. The molecule has 0 aliphatic carbocycles. The number of hydrogen-bond acceptors (Lipinski definition) is 4. The van der Waals surface area contributed by atoms with Crippen molar-refractivity contribution in [3.05, 3.63) is 28.2 Å². The highest BCUT2D eigenvalue weighted by Gasteiger charge is 2.13. The zero-order valence-electron chi connectivity index (χ0n) is 9.44. The largest absolute Gasteiger partial charge is 0.398 e. The maximum Gasteiger partial charge on any atom is 0.163 e. The minimum Gasteiger partial charge on any atom is -0.398 e. The van der Waals surface area contributed by atoms with E-state index in [0.717, 1.165) is 0 Å². The monoisotopic (exact) mass is 319 g/mol. The van der Waals surface area contributed by atoms with Crippen LogP contribution in [0.1, 0.15) is 23.7 Å². The number of nitrogen functional groups attached to an aromatic ring is 1. The van der Waals surface area contributed by atoms with E-state index in [4.69, 9.17) is 5.73 Å². The van der Waals surface area contributed by atoms with Gasteiger partial charge in [0.15, 0.2) is 5.78 Å². The van der Waals surface area contributed by atoms with E-state index in [1.165, 1.54) is 0 Å². The number of carbonyl (C=O) groups is 1. The number of rotatable bonds is 5. The zero-order valence-corrected chi connectivity index (χ0v) is 11.8. The van der Waals surface area contributed by atoms with Crippen molar-refractivity contribution in [1.29, 1.82) is 0 Å². The van der Waals surface area contributed by atoms with Crippen molar-refractivity contribution in [2.45, 2.75) is 13.3 Å². The van der Waals surface area contributed by atoms with Gasteiger partial charge in [-0.1, -0.05) is 6.92 Å². The molecule has 2 N–H and O–H groups in total. The summed E-state index contributed by atoms with van der Waals surface area (Å²) in [5.74, 6) is -0.238. The Kier molecular flexibility index (Phi) is 4.70. The zero-order chi connectivity index (χ0) is 13.1. The lowest BCUT2D eigenvalue weighted by Crippen LogP contribution is -2.13. The number of halogens is 1. The topological polar surface area (TPSA) is 77.2 Å². The first-order chi connectivity index (χ1) is 7.85. The molecule has 6 heteroatoms. The van der Waals surface area contributed by atoms with E-state index < -0.39 is 9.84 Å². The first kappa shape index (κ1) is 14.2. The van der Waals surface area contributed by atoms with Gasteiger partial charge in [0.1, 0.15) is 9.84 Å². The van der Waals surface area contributed by atoms with Gasteiger partial charge in [0.05, 0.1) is 5.75 Å². The molecule has 0 aromatic heterocycles. The molecule has 0 aliphatic rings. The lowest BCUT2D eigenvalue weighted by Gasteiger charge is -2.04. The molecule has 0 saturated heterocycles. The Morgan fingerprint density at radius 3 is 2.59 bits per heavy atom. The van der Waals surface area contributed by atoms with Gasteiger partial charge in [0, 0.05) is 27.9 Å². The van der Waals surface area contributed by atoms with E-state index in [0.29, 0.717) is 15.7 Å². The molecule has 0 bridgehead atoms. The molecule has 4 nitrogen and oxygen atoms in total. The summed E-state index contributed by atoms with van der Waals surface area (Å²) in [6.45, 7) is 1.57. The Labute approximate surface area is 109 Å². The molecule has 0 radical (unpaired) electrons. The molecule has 1 aromatic rings. The Balaban J connectivity index is 2.74. The van der Waals surface area contributed by atoms with E-state index in [1.807, 2.05) is 0 Å². The molecule has 0 aliphatic heterocycles. The summed E-state index contributed by atoms with van der Waals surface area (Å²) in [7, 11) is -3.10. The van der Waals surface area contributed by atoms with Crippen LogP contribution in [0.15, 0.2) is 22.7 Å². The molecule has 1 rings (SSSR count). The van der Waals surface area contributed by atoms with Crippen LogP contribution in [0.5, 0.6) is 0 Å². The van der Waals surface area contributed by atoms with Gasteiger partial charge in [-0.15, -0.1) is 0 Å². The van der Waals surface area contributed by atoms with Crippen molar-refractivity contribution in [1.82, 2.24) is 0 Å². The Morgan fingerprint density at radius 1 is 1.41 bits per heavy atom. The van der Waals surface area contributed by atoms with E-state index in [1.54, 1.807) is 25.1 Å². The molecule has 0 fully saturated rings. The van der Waals surface area contributed by atoms with Crippen LogP contribution in [0, 0.1) is 0 Å². The van der Waals surface area contributed by atoms with Crippen LogP contribution >= 0.6 is 15.9 Å². The number of hydrogen-bond donors (Lipinski definition) is 1. The summed E-state index contributed by atoms with van der Waals surface area (Å²) in [5, 5.41) is 0. The number of sulfone groups is 1. The third-order valence-electron chi connectivity index (χ3n) is 2.40. The Hall–Kier alpha value is -0.880. The van der Waals surface area contributed by atoms with E-state index in [9.17, 15) is 13.2 Å². The lowest BCUT2D eigenvalue weighted by molar-refractivity contribution is 0.0989. The van der Waals surface area contributed by atoms with Crippen molar-refractivity contribution in [3.8, 4) is 0 Å². The Bertz CT molecular complexity index is 526. The quantitative estimate of drug-likeness (QED) is 0.665. The van der Waals surface area contributed by atoms with Crippen LogP contribution in [0.2, 0.25) is 0 Å².